The first-order valence-corrected chi connectivity index (χ1v) is 6.46. The molecule has 0 bridgehead atoms. The van der Waals surface area contributed by atoms with Crippen molar-refractivity contribution >= 4 is 11.8 Å². The number of carbonyl (C=O) groups is 2. The molecule has 16 heavy (non-hydrogen) atoms. The van der Waals surface area contributed by atoms with Gasteiger partial charge in [0.1, 0.15) is 12.2 Å². The largest absolute Gasteiger partial charge is 0.465 e. The molecule has 0 unspecified atom stereocenters. The predicted octanol–water partition coefficient (Wildman–Crippen LogP) is 3.01. The van der Waals surface area contributed by atoms with Crippen LogP contribution >= 0.6 is 0 Å². The van der Waals surface area contributed by atoms with E-state index in [1.807, 2.05) is 0 Å². The molecule has 0 aromatic carbocycles. The average Bonchev–Trinajstić information content (AvgIpc) is 2.25. The molecule has 1 saturated heterocycles. The summed E-state index contributed by atoms with van der Waals surface area (Å²) in [6.45, 7) is 0.478. The van der Waals surface area contributed by atoms with Crippen molar-refractivity contribution in [1.82, 2.24) is 0 Å². The van der Waals surface area contributed by atoms with Gasteiger partial charge in [0.05, 0.1) is 6.61 Å². The molecule has 0 atom stereocenters. The lowest BCUT2D eigenvalue weighted by molar-refractivity contribution is -0.146. The third-order valence-corrected chi connectivity index (χ3v) is 2.95. The Kier molecular flexibility index (Phi) is 6.86. The fourth-order valence-corrected chi connectivity index (χ4v) is 1.97. The van der Waals surface area contributed by atoms with Crippen molar-refractivity contribution < 1.29 is 14.3 Å². The van der Waals surface area contributed by atoms with Gasteiger partial charge in [-0.05, 0) is 12.8 Å². The lowest BCUT2D eigenvalue weighted by atomic mass is 10.0. The fraction of sp³-hybridized carbons (Fsp3) is 0.846. The standard InChI is InChI=1S/C13H22O3/c14-12-9-7-5-3-1-2-4-6-8-10-16-13(15)11-12/h1-11H2. The van der Waals surface area contributed by atoms with Gasteiger partial charge in [-0.1, -0.05) is 38.5 Å². The lowest BCUT2D eigenvalue weighted by Gasteiger charge is -2.06. The van der Waals surface area contributed by atoms with Crippen molar-refractivity contribution in [2.45, 2.75) is 64.2 Å². The zero-order valence-electron chi connectivity index (χ0n) is 10.0. The van der Waals surface area contributed by atoms with Crippen LogP contribution < -0.4 is 0 Å². The maximum absolute atomic E-state index is 11.4. The van der Waals surface area contributed by atoms with Crippen LogP contribution in [0.3, 0.4) is 0 Å². The van der Waals surface area contributed by atoms with Crippen molar-refractivity contribution in [1.29, 1.82) is 0 Å². The fourth-order valence-electron chi connectivity index (χ4n) is 1.97. The Bertz CT molecular complexity index is 201. The minimum atomic E-state index is -0.345. The Morgan fingerprint density at radius 1 is 0.750 bits per heavy atom. The smallest absolute Gasteiger partial charge is 0.313 e. The van der Waals surface area contributed by atoms with Gasteiger partial charge in [0.25, 0.3) is 0 Å². The molecule has 1 fully saturated rings. The van der Waals surface area contributed by atoms with E-state index in [0.29, 0.717) is 13.0 Å². The SMILES string of the molecule is O=C1CCCCCCCCCCOC(=O)C1. The van der Waals surface area contributed by atoms with Gasteiger partial charge in [0.15, 0.2) is 0 Å². The van der Waals surface area contributed by atoms with Crippen LogP contribution in [0.1, 0.15) is 64.2 Å². The quantitative estimate of drug-likeness (QED) is 0.471. The summed E-state index contributed by atoms with van der Waals surface area (Å²) in [7, 11) is 0. The molecule has 0 radical (unpaired) electrons. The molecule has 0 N–H and O–H groups in total. The zero-order chi connectivity index (χ0) is 11.6. The summed E-state index contributed by atoms with van der Waals surface area (Å²) in [4.78, 5) is 22.6. The molecule has 0 aromatic rings. The number of hydrogen-bond donors (Lipinski definition) is 0. The monoisotopic (exact) mass is 226 g/mol. The van der Waals surface area contributed by atoms with Crippen LogP contribution in [0.2, 0.25) is 0 Å². The van der Waals surface area contributed by atoms with E-state index < -0.39 is 0 Å². The molecular formula is C13H22O3. The summed E-state index contributed by atoms with van der Waals surface area (Å²) in [5.74, 6) is -0.316. The van der Waals surface area contributed by atoms with Gasteiger partial charge in [-0.2, -0.15) is 0 Å². The second-order valence-corrected chi connectivity index (χ2v) is 4.51. The highest BCUT2D eigenvalue weighted by Gasteiger charge is 2.10. The molecule has 92 valence electrons. The number of hydrogen-bond acceptors (Lipinski definition) is 3. The molecule has 0 aromatic heterocycles. The average molecular weight is 226 g/mol. The van der Waals surface area contributed by atoms with Crippen LogP contribution in [0.5, 0.6) is 0 Å². The summed E-state index contributed by atoms with van der Waals surface area (Å²) in [5, 5.41) is 0. The van der Waals surface area contributed by atoms with E-state index in [9.17, 15) is 9.59 Å². The predicted molar refractivity (Wildman–Crippen MR) is 62.1 cm³/mol. The van der Waals surface area contributed by atoms with Crippen LogP contribution in [-0.4, -0.2) is 18.4 Å². The second kappa shape index (κ2) is 8.31. The van der Waals surface area contributed by atoms with Crippen LogP contribution in [0.25, 0.3) is 0 Å². The summed E-state index contributed by atoms with van der Waals surface area (Å²) >= 11 is 0. The Morgan fingerprint density at radius 2 is 1.31 bits per heavy atom. The van der Waals surface area contributed by atoms with E-state index in [4.69, 9.17) is 4.74 Å². The molecular weight excluding hydrogens is 204 g/mol. The van der Waals surface area contributed by atoms with Crippen LogP contribution in [0.4, 0.5) is 0 Å². The zero-order valence-corrected chi connectivity index (χ0v) is 10.0. The Labute approximate surface area is 97.5 Å². The van der Waals surface area contributed by atoms with Gasteiger partial charge in [-0.3, -0.25) is 9.59 Å². The van der Waals surface area contributed by atoms with E-state index in [2.05, 4.69) is 0 Å². The highest BCUT2D eigenvalue weighted by atomic mass is 16.5. The van der Waals surface area contributed by atoms with Crippen LogP contribution in [0, 0.1) is 0 Å². The number of carbonyl (C=O) groups excluding carboxylic acids is 2. The van der Waals surface area contributed by atoms with Crippen LogP contribution in [0.15, 0.2) is 0 Å². The number of ether oxygens (including phenoxy) is 1. The maximum Gasteiger partial charge on any atom is 0.313 e. The Balaban J connectivity index is 2.26. The van der Waals surface area contributed by atoms with E-state index >= 15 is 0 Å². The Hall–Kier alpha value is -0.860. The lowest BCUT2D eigenvalue weighted by Crippen LogP contribution is -2.12. The normalized spacial score (nSPS) is 22.2. The maximum atomic E-state index is 11.4. The minimum absolute atomic E-state index is 0.0278. The molecule has 1 aliphatic rings. The van der Waals surface area contributed by atoms with Crippen LogP contribution in [-0.2, 0) is 14.3 Å². The number of cyclic esters (lactones) is 1. The van der Waals surface area contributed by atoms with Crippen molar-refractivity contribution in [3.63, 3.8) is 0 Å². The number of Topliss-reactive ketones (excluding diaryl/α,β-unsaturated/α-hetero) is 1. The van der Waals surface area contributed by atoms with Crippen molar-refractivity contribution in [2.75, 3.05) is 6.61 Å². The van der Waals surface area contributed by atoms with Gasteiger partial charge >= 0.3 is 5.97 Å². The first-order valence-electron chi connectivity index (χ1n) is 6.46. The van der Waals surface area contributed by atoms with E-state index in [1.165, 1.54) is 25.7 Å². The van der Waals surface area contributed by atoms with Gasteiger partial charge in [-0.15, -0.1) is 0 Å². The summed E-state index contributed by atoms with van der Waals surface area (Å²) < 4.78 is 5.00. The molecule has 3 nitrogen and oxygen atoms in total. The van der Waals surface area contributed by atoms with Gasteiger partial charge in [-0.25, -0.2) is 0 Å². The summed E-state index contributed by atoms with van der Waals surface area (Å²) in [6.07, 6.45) is 9.59. The third-order valence-electron chi connectivity index (χ3n) is 2.95. The molecule has 1 aliphatic heterocycles. The summed E-state index contributed by atoms with van der Waals surface area (Å²) in [6, 6.07) is 0. The van der Waals surface area contributed by atoms with Crippen molar-refractivity contribution in [2.24, 2.45) is 0 Å². The molecule has 0 spiro atoms. The first kappa shape index (κ1) is 13.2. The number of esters is 1. The molecule has 1 rings (SSSR count). The third kappa shape index (κ3) is 6.59. The molecule has 3 heteroatoms. The van der Waals surface area contributed by atoms with Crippen molar-refractivity contribution in [3.8, 4) is 0 Å². The van der Waals surface area contributed by atoms with Gasteiger partial charge in [0, 0.05) is 6.42 Å². The Morgan fingerprint density at radius 3 is 2.00 bits per heavy atom. The first-order chi connectivity index (χ1) is 7.79. The van der Waals surface area contributed by atoms with Gasteiger partial charge < -0.3 is 4.74 Å². The van der Waals surface area contributed by atoms with Crippen molar-refractivity contribution in [3.05, 3.63) is 0 Å². The number of rotatable bonds is 0. The number of ketones is 1. The van der Waals surface area contributed by atoms with Gasteiger partial charge in [0.2, 0.25) is 0 Å². The molecule has 0 saturated carbocycles. The van der Waals surface area contributed by atoms with E-state index in [0.717, 1.165) is 25.7 Å². The minimum Gasteiger partial charge on any atom is -0.465 e. The highest BCUT2D eigenvalue weighted by Crippen LogP contribution is 2.11. The molecule has 0 aliphatic carbocycles. The summed E-state index contributed by atoms with van der Waals surface area (Å²) in [5.41, 5.74) is 0. The second-order valence-electron chi connectivity index (χ2n) is 4.51. The van der Waals surface area contributed by atoms with E-state index in [-0.39, 0.29) is 18.2 Å². The van der Waals surface area contributed by atoms with E-state index in [1.54, 1.807) is 0 Å². The molecule has 1 heterocycles. The highest BCUT2D eigenvalue weighted by molar-refractivity contribution is 5.95. The molecule has 0 amide bonds. The topological polar surface area (TPSA) is 43.4 Å².